The molecular formula is C26H34ClN7O. The van der Waals surface area contributed by atoms with Crippen LogP contribution in [0.4, 0.5) is 11.7 Å². The number of benzene rings is 1. The topological polar surface area (TPSA) is 87.5 Å². The second kappa shape index (κ2) is 10.5. The van der Waals surface area contributed by atoms with Gasteiger partial charge in [0.1, 0.15) is 5.69 Å². The summed E-state index contributed by atoms with van der Waals surface area (Å²) in [7, 11) is 0. The van der Waals surface area contributed by atoms with Crippen LogP contribution in [0, 0.1) is 6.92 Å². The van der Waals surface area contributed by atoms with Crippen molar-refractivity contribution in [2.75, 3.05) is 43.4 Å². The van der Waals surface area contributed by atoms with Crippen molar-refractivity contribution in [3.8, 4) is 11.6 Å². The zero-order valence-corrected chi connectivity index (χ0v) is 21.3. The molecule has 2 aliphatic rings. The first kappa shape index (κ1) is 24.0. The van der Waals surface area contributed by atoms with Crippen LogP contribution < -0.4 is 10.6 Å². The quantitative estimate of drug-likeness (QED) is 0.543. The smallest absolute Gasteiger partial charge is 0.313 e. The van der Waals surface area contributed by atoms with E-state index in [1.807, 2.05) is 25.1 Å². The van der Waals surface area contributed by atoms with Crippen molar-refractivity contribution in [2.24, 2.45) is 0 Å². The number of pyridine rings is 1. The van der Waals surface area contributed by atoms with Gasteiger partial charge in [-0.1, -0.05) is 35.8 Å². The normalized spacial score (nSPS) is 20.4. The molecule has 9 heteroatoms. The van der Waals surface area contributed by atoms with E-state index >= 15 is 0 Å². The highest BCUT2D eigenvalue weighted by Crippen LogP contribution is 2.29. The fourth-order valence-electron chi connectivity index (χ4n) is 5.53. The Balaban J connectivity index is 1.18. The summed E-state index contributed by atoms with van der Waals surface area (Å²) in [6.45, 7) is 10.8. The van der Waals surface area contributed by atoms with Crippen LogP contribution in [0.3, 0.4) is 0 Å². The van der Waals surface area contributed by atoms with Gasteiger partial charge in [-0.25, -0.2) is 4.98 Å². The van der Waals surface area contributed by atoms with Crippen LogP contribution in [0.25, 0.3) is 11.6 Å². The van der Waals surface area contributed by atoms with E-state index in [0.717, 1.165) is 56.4 Å². The Bertz CT molecular complexity index is 1130. The van der Waals surface area contributed by atoms with Crippen LogP contribution in [0.1, 0.15) is 37.4 Å². The lowest BCUT2D eigenvalue weighted by Crippen LogP contribution is -2.58. The first-order valence-electron chi connectivity index (χ1n) is 12.5. The third kappa shape index (κ3) is 5.44. The van der Waals surface area contributed by atoms with Gasteiger partial charge in [-0.3, -0.25) is 9.80 Å². The summed E-state index contributed by atoms with van der Waals surface area (Å²) in [5, 5.41) is 8.49. The maximum absolute atomic E-state index is 6.04. The van der Waals surface area contributed by atoms with Gasteiger partial charge in [-0.2, -0.15) is 0 Å². The molecule has 35 heavy (non-hydrogen) atoms. The van der Waals surface area contributed by atoms with E-state index in [9.17, 15) is 0 Å². The maximum atomic E-state index is 6.04. The molecule has 3 aromatic rings. The van der Waals surface area contributed by atoms with E-state index < -0.39 is 0 Å². The number of hydrogen-bond acceptors (Lipinski definition) is 8. The van der Waals surface area contributed by atoms with E-state index in [4.69, 9.17) is 26.7 Å². The molecule has 2 N–H and O–H groups in total. The predicted molar refractivity (Wildman–Crippen MR) is 139 cm³/mol. The molecule has 2 saturated heterocycles. The van der Waals surface area contributed by atoms with E-state index in [2.05, 4.69) is 50.0 Å². The Morgan fingerprint density at radius 3 is 2.46 bits per heavy atom. The molecular weight excluding hydrogens is 462 g/mol. The van der Waals surface area contributed by atoms with Gasteiger partial charge < -0.3 is 15.1 Å². The van der Waals surface area contributed by atoms with Gasteiger partial charge in [-0.15, -0.1) is 5.10 Å². The van der Waals surface area contributed by atoms with Crippen molar-refractivity contribution in [1.82, 2.24) is 25.0 Å². The standard InChI is InChI=1S/C26H34ClN7O/c1-3-21-17-33(24-9-8-23(29-18(24)2)25-30-31-26(28)35-25)14-15-34(21)22-10-12-32(13-11-22)16-19-4-6-20(27)7-5-19/h4-9,21-22H,3,10-17H2,1-2H3,(H2,28,31). The number of hydrogen-bond donors (Lipinski definition) is 1. The number of nitrogens with two attached hydrogens (primary N) is 1. The van der Waals surface area contributed by atoms with Gasteiger partial charge in [0.05, 0.1) is 11.4 Å². The molecule has 1 atom stereocenters. The Hall–Kier alpha value is -2.68. The van der Waals surface area contributed by atoms with E-state index in [0.29, 0.717) is 23.7 Å². The predicted octanol–water partition coefficient (Wildman–Crippen LogP) is 4.24. The summed E-state index contributed by atoms with van der Waals surface area (Å²) in [6.07, 6.45) is 3.60. The highest BCUT2D eigenvalue weighted by molar-refractivity contribution is 6.30. The minimum absolute atomic E-state index is 0.0567. The molecule has 1 unspecified atom stereocenters. The number of halogens is 1. The molecule has 0 bridgehead atoms. The lowest BCUT2D eigenvalue weighted by atomic mass is 9.97. The van der Waals surface area contributed by atoms with Crippen LogP contribution >= 0.6 is 11.6 Å². The third-order valence-corrected chi connectivity index (χ3v) is 7.66. The van der Waals surface area contributed by atoms with Crippen molar-refractivity contribution < 1.29 is 4.42 Å². The molecule has 0 aliphatic carbocycles. The molecule has 1 aromatic carbocycles. The molecule has 0 radical (unpaired) electrons. The van der Waals surface area contributed by atoms with Gasteiger partial charge in [0.2, 0.25) is 0 Å². The third-order valence-electron chi connectivity index (χ3n) is 7.40. The average molecular weight is 496 g/mol. The molecule has 4 heterocycles. The van der Waals surface area contributed by atoms with Crippen molar-refractivity contribution >= 4 is 23.3 Å². The monoisotopic (exact) mass is 495 g/mol. The first-order chi connectivity index (χ1) is 17.0. The zero-order valence-electron chi connectivity index (χ0n) is 20.5. The largest absolute Gasteiger partial charge is 0.402 e. The fraction of sp³-hybridized carbons (Fsp3) is 0.500. The summed E-state index contributed by atoms with van der Waals surface area (Å²) < 4.78 is 5.34. The summed E-state index contributed by atoms with van der Waals surface area (Å²) in [6, 6.07) is 13.6. The van der Waals surface area contributed by atoms with E-state index in [1.54, 1.807) is 0 Å². The minimum atomic E-state index is 0.0567. The SMILES string of the molecule is CCC1CN(c2ccc(-c3nnc(N)o3)nc2C)CCN1C1CCN(Cc2ccc(Cl)cc2)CC1. The van der Waals surface area contributed by atoms with Gasteiger partial charge in [-0.05, 0) is 69.1 Å². The van der Waals surface area contributed by atoms with Crippen molar-refractivity contribution in [3.63, 3.8) is 0 Å². The molecule has 8 nitrogen and oxygen atoms in total. The Kier molecular flexibility index (Phi) is 7.22. The highest BCUT2D eigenvalue weighted by atomic mass is 35.5. The molecule has 2 fully saturated rings. The van der Waals surface area contributed by atoms with Crippen LogP contribution in [0.2, 0.25) is 5.02 Å². The van der Waals surface area contributed by atoms with Gasteiger partial charge in [0.25, 0.3) is 5.89 Å². The summed E-state index contributed by atoms with van der Waals surface area (Å²) >= 11 is 6.04. The number of aromatic nitrogens is 3. The molecule has 0 saturated carbocycles. The number of likely N-dealkylation sites (tertiary alicyclic amines) is 1. The van der Waals surface area contributed by atoms with Gasteiger partial charge in [0, 0.05) is 43.3 Å². The number of nitrogens with zero attached hydrogens (tertiary/aromatic N) is 6. The second-order valence-corrected chi connectivity index (χ2v) is 10.1. The Morgan fingerprint density at radius 1 is 1.03 bits per heavy atom. The number of nitrogen functional groups attached to an aromatic ring is 1. The molecule has 2 aliphatic heterocycles. The summed E-state index contributed by atoms with van der Waals surface area (Å²) in [4.78, 5) is 12.5. The number of rotatable bonds is 6. The molecule has 186 valence electrons. The van der Waals surface area contributed by atoms with Gasteiger partial charge in [0.15, 0.2) is 0 Å². The van der Waals surface area contributed by atoms with Crippen LogP contribution in [0.15, 0.2) is 40.8 Å². The Labute approximate surface area is 212 Å². The van der Waals surface area contributed by atoms with Crippen molar-refractivity contribution in [2.45, 2.75) is 51.7 Å². The fourth-order valence-corrected chi connectivity index (χ4v) is 5.66. The summed E-state index contributed by atoms with van der Waals surface area (Å²) in [5.74, 6) is 0.357. The number of piperidine rings is 1. The Morgan fingerprint density at radius 2 is 1.80 bits per heavy atom. The zero-order chi connectivity index (χ0) is 24.4. The minimum Gasteiger partial charge on any atom is -0.402 e. The van der Waals surface area contributed by atoms with E-state index in [1.165, 1.54) is 24.1 Å². The van der Waals surface area contributed by atoms with Crippen LogP contribution in [-0.4, -0.2) is 69.8 Å². The maximum Gasteiger partial charge on any atom is 0.313 e. The molecule has 0 amide bonds. The molecule has 2 aromatic heterocycles. The lowest BCUT2D eigenvalue weighted by molar-refractivity contribution is 0.0612. The van der Waals surface area contributed by atoms with Crippen molar-refractivity contribution in [3.05, 3.63) is 52.7 Å². The number of piperazine rings is 1. The molecule has 0 spiro atoms. The average Bonchev–Trinajstić information content (AvgIpc) is 3.32. The van der Waals surface area contributed by atoms with Crippen LogP contribution in [-0.2, 0) is 6.54 Å². The lowest BCUT2D eigenvalue weighted by Gasteiger charge is -2.48. The summed E-state index contributed by atoms with van der Waals surface area (Å²) in [5.41, 5.74) is 9.71. The first-order valence-corrected chi connectivity index (χ1v) is 12.9. The number of anilines is 2. The van der Waals surface area contributed by atoms with Gasteiger partial charge >= 0.3 is 6.01 Å². The van der Waals surface area contributed by atoms with Crippen molar-refractivity contribution in [1.29, 1.82) is 0 Å². The highest BCUT2D eigenvalue weighted by Gasteiger charge is 2.33. The number of aryl methyl sites for hydroxylation is 1. The second-order valence-electron chi connectivity index (χ2n) is 9.63. The van der Waals surface area contributed by atoms with Crippen LogP contribution in [0.5, 0.6) is 0 Å². The van der Waals surface area contributed by atoms with E-state index in [-0.39, 0.29) is 6.01 Å². The molecule has 5 rings (SSSR count).